The fraction of sp³-hybridized carbons (Fsp3) is 0.200. The van der Waals surface area contributed by atoms with Gasteiger partial charge in [0.2, 0.25) is 5.91 Å². The van der Waals surface area contributed by atoms with E-state index in [-0.39, 0.29) is 5.91 Å². The molecule has 3 rings (SSSR count). The van der Waals surface area contributed by atoms with Crippen LogP contribution in [0, 0.1) is 0 Å². The fourth-order valence-electron chi connectivity index (χ4n) is 2.66. The molecular formula is C20H20N2O2. The first-order chi connectivity index (χ1) is 11.8. The van der Waals surface area contributed by atoms with Crippen molar-refractivity contribution >= 4 is 16.8 Å². The zero-order valence-electron chi connectivity index (χ0n) is 13.7. The smallest absolute Gasteiger partial charge is 0.220 e. The van der Waals surface area contributed by atoms with E-state index in [1.54, 1.807) is 7.11 Å². The molecule has 0 aliphatic rings. The van der Waals surface area contributed by atoms with Crippen LogP contribution in [0.25, 0.3) is 10.9 Å². The monoisotopic (exact) mass is 320 g/mol. The number of hydrogen-bond acceptors (Lipinski definition) is 3. The first kappa shape index (κ1) is 16.0. The van der Waals surface area contributed by atoms with Crippen molar-refractivity contribution in [3.63, 3.8) is 0 Å². The average molecular weight is 320 g/mol. The molecule has 24 heavy (non-hydrogen) atoms. The van der Waals surface area contributed by atoms with Gasteiger partial charge in [-0.05, 0) is 35.7 Å². The Balaban J connectivity index is 1.55. The molecule has 0 saturated heterocycles. The Bertz CT molecular complexity index is 846. The standard InChI is InChI=1S/C20H20N2O2/c1-24-19-9-5-3-6-16(19)10-11-20(23)22-14-15-12-17-7-2-4-8-18(17)21-13-15/h2-9,12-13H,10-11,14H2,1H3,(H,22,23). The maximum absolute atomic E-state index is 12.1. The summed E-state index contributed by atoms with van der Waals surface area (Å²) in [6.07, 6.45) is 2.90. The van der Waals surface area contributed by atoms with Gasteiger partial charge in [0.15, 0.2) is 0 Å². The molecule has 4 heteroatoms. The molecule has 0 spiro atoms. The molecule has 0 saturated carbocycles. The van der Waals surface area contributed by atoms with Crippen molar-refractivity contribution in [2.45, 2.75) is 19.4 Å². The van der Waals surface area contributed by atoms with Gasteiger partial charge < -0.3 is 10.1 Å². The van der Waals surface area contributed by atoms with E-state index in [9.17, 15) is 4.79 Å². The number of hydrogen-bond donors (Lipinski definition) is 1. The molecule has 0 atom stereocenters. The zero-order chi connectivity index (χ0) is 16.8. The number of benzene rings is 2. The van der Waals surface area contributed by atoms with Crippen LogP contribution in [0.2, 0.25) is 0 Å². The molecule has 0 fully saturated rings. The van der Waals surface area contributed by atoms with Crippen LogP contribution in [0.5, 0.6) is 5.75 Å². The second-order valence-corrected chi connectivity index (χ2v) is 5.62. The Morgan fingerprint density at radius 3 is 2.79 bits per heavy atom. The van der Waals surface area contributed by atoms with Crippen molar-refractivity contribution in [2.75, 3.05) is 7.11 Å². The highest BCUT2D eigenvalue weighted by atomic mass is 16.5. The number of aryl methyl sites for hydroxylation is 1. The maximum Gasteiger partial charge on any atom is 0.220 e. The van der Waals surface area contributed by atoms with Crippen LogP contribution in [-0.4, -0.2) is 18.0 Å². The highest BCUT2D eigenvalue weighted by Gasteiger charge is 2.06. The number of carbonyl (C=O) groups is 1. The Kier molecular flexibility index (Phi) is 5.06. The lowest BCUT2D eigenvalue weighted by molar-refractivity contribution is -0.121. The second kappa shape index (κ2) is 7.59. The summed E-state index contributed by atoms with van der Waals surface area (Å²) in [5, 5.41) is 4.03. The van der Waals surface area contributed by atoms with Crippen molar-refractivity contribution in [3.05, 3.63) is 71.9 Å². The molecule has 0 aliphatic carbocycles. The Hall–Kier alpha value is -2.88. The van der Waals surface area contributed by atoms with E-state index in [1.165, 1.54) is 0 Å². The number of amides is 1. The first-order valence-corrected chi connectivity index (χ1v) is 7.98. The Morgan fingerprint density at radius 1 is 1.12 bits per heavy atom. The molecule has 122 valence electrons. The first-order valence-electron chi connectivity index (χ1n) is 7.98. The highest BCUT2D eigenvalue weighted by Crippen LogP contribution is 2.18. The van der Waals surface area contributed by atoms with Gasteiger partial charge in [0.25, 0.3) is 0 Å². The van der Waals surface area contributed by atoms with E-state index in [1.807, 2.05) is 54.7 Å². The van der Waals surface area contributed by atoms with Gasteiger partial charge in [0.05, 0.1) is 12.6 Å². The van der Waals surface area contributed by atoms with E-state index >= 15 is 0 Å². The molecule has 1 amide bonds. The van der Waals surface area contributed by atoms with Crippen LogP contribution in [0.4, 0.5) is 0 Å². The van der Waals surface area contributed by atoms with Crippen molar-refractivity contribution in [2.24, 2.45) is 0 Å². The molecular weight excluding hydrogens is 300 g/mol. The predicted molar refractivity (Wildman–Crippen MR) is 94.9 cm³/mol. The number of carbonyl (C=O) groups excluding carboxylic acids is 1. The van der Waals surface area contributed by atoms with Gasteiger partial charge in [-0.1, -0.05) is 36.4 Å². The number of fused-ring (bicyclic) bond motifs is 1. The summed E-state index contributed by atoms with van der Waals surface area (Å²) in [4.78, 5) is 16.5. The summed E-state index contributed by atoms with van der Waals surface area (Å²) in [5.74, 6) is 0.845. The molecule has 0 unspecified atom stereocenters. The topological polar surface area (TPSA) is 51.2 Å². The number of aromatic nitrogens is 1. The number of ether oxygens (including phenoxy) is 1. The summed E-state index contributed by atoms with van der Waals surface area (Å²) in [6.45, 7) is 0.489. The largest absolute Gasteiger partial charge is 0.496 e. The molecule has 0 bridgehead atoms. The third-order valence-corrected chi connectivity index (χ3v) is 3.95. The summed E-state index contributed by atoms with van der Waals surface area (Å²) in [5.41, 5.74) is 3.01. The number of nitrogens with one attached hydrogen (secondary N) is 1. The molecule has 4 nitrogen and oxygen atoms in total. The lowest BCUT2D eigenvalue weighted by atomic mass is 10.1. The molecule has 1 heterocycles. The predicted octanol–water partition coefficient (Wildman–Crippen LogP) is 3.49. The normalized spacial score (nSPS) is 10.5. The van der Waals surface area contributed by atoms with Gasteiger partial charge in [0, 0.05) is 24.5 Å². The second-order valence-electron chi connectivity index (χ2n) is 5.62. The minimum atomic E-state index is 0.0223. The Morgan fingerprint density at radius 2 is 1.92 bits per heavy atom. The van der Waals surface area contributed by atoms with Crippen LogP contribution in [-0.2, 0) is 17.8 Å². The number of methoxy groups -OCH3 is 1. The van der Waals surface area contributed by atoms with Crippen LogP contribution in [0.3, 0.4) is 0 Å². The Labute approximate surface area is 141 Å². The van der Waals surface area contributed by atoms with Crippen LogP contribution < -0.4 is 10.1 Å². The summed E-state index contributed by atoms with van der Waals surface area (Å²) in [6, 6.07) is 17.8. The maximum atomic E-state index is 12.1. The van der Waals surface area contributed by atoms with Crippen molar-refractivity contribution in [1.82, 2.24) is 10.3 Å². The molecule has 2 aromatic carbocycles. The summed E-state index contributed by atoms with van der Waals surface area (Å²) < 4.78 is 5.31. The van der Waals surface area contributed by atoms with Crippen LogP contribution in [0.15, 0.2) is 60.8 Å². The third-order valence-electron chi connectivity index (χ3n) is 3.95. The molecule has 3 aromatic rings. The molecule has 0 radical (unpaired) electrons. The van der Waals surface area contributed by atoms with Gasteiger partial charge >= 0.3 is 0 Å². The van der Waals surface area contributed by atoms with Crippen molar-refractivity contribution < 1.29 is 9.53 Å². The van der Waals surface area contributed by atoms with Gasteiger partial charge in [0.1, 0.15) is 5.75 Å². The van der Waals surface area contributed by atoms with Gasteiger partial charge in [-0.2, -0.15) is 0 Å². The summed E-state index contributed by atoms with van der Waals surface area (Å²) >= 11 is 0. The van der Waals surface area contributed by atoms with Crippen LogP contribution in [0.1, 0.15) is 17.5 Å². The van der Waals surface area contributed by atoms with Crippen molar-refractivity contribution in [3.8, 4) is 5.75 Å². The molecule has 1 aromatic heterocycles. The van der Waals surface area contributed by atoms with Crippen molar-refractivity contribution in [1.29, 1.82) is 0 Å². The van der Waals surface area contributed by atoms with E-state index in [2.05, 4.69) is 16.4 Å². The summed E-state index contributed by atoms with van der Waals surface area (Å²) in [7, 11) is 1.64. The third kappa shape index (κ3) is 3.90. The number of para-hydroxylation sites is 2. The number of rotatable bonds is 6. The van der Waals surface area contributed by atoms with E-state index in [4.69, 9.17) is 4.74 Å². The lowest BCUT2D eigenvalue weighted by Gasteiger charge is -2.09. The van der Waals surface area contributed by atoms with Gasteiger partial charge in [-0.3, -0.25) is 9.78 Å². The SMILES string of the molecule is COc1ccccc1CCC(=O)NCc1cnc2ccccc2c1. The lowest BCUT2D eigenvalue weighted by Crippen LogP contribution is -2.23. The molecule has 0 aliphatic heterocycles. The number of nitrogens with zero attached hydrogens (tertiary/aromatic N) is 1. The minimum absolute atomic E-state index is 0.0223. The van der Waals surface area contributed by atoms with Crippen LogP contribution >= 0.6 is 0 Å². The van der Waals surface area contributed by atoms with E-state index in [0.717, 1.165) is 27.8 Å². The van der Waals surface area contributed by atoms with Gasteiger partial charge in [-0.15, -0.1) is 0 Å². The minimum Gasteiger partial charge on any atom is -0.496 e. The van der Waals surface area contributed by atoms with E-state index in [0.29, 0.717) is 19.4 Å². The quantitative estimate of drug-likeness (QED) is 0.756. The number of pyridine rings is 1. The highest BCUT2D eigenvalue weighted by molar-refractivity contribution is 5.79. The average Bonchev–Trinajstić information content (AvgIpc) is 2.64. The van der Waals surface area contributed by atoms with Gasteiger partial charge in [-0.25, -0.2) is 0 Å². The zero-order valence-corrected chi connectivity index (χ0v) is 13.7. The van der Waals surface area contributed by atoms with E-state index < -0.39 is 0 Å². The molecule has 1 N–H and O–H groups in total. The fourth-order valence-corrected chi connectivity index (χ4v) is 2.66.